The summed E-state index contributed by atoms with van der Waals surface area (Å²) in [5.41, 5.74) is -0.637. The minimum absolute atomic E-state index is 0.258. The highest BCUT2D eigenvalue weighted by atomic mass is 16.3. The molecule has 0 aliphatic rings. The summed E-state index contributed by atoms with van der Waals surface area (Å²) in [5.74, 6) is 1.32. The summed E-state index contributed by atoms with van der Waals surface area (Å²) in [4.78, 5) is 4.25. The molecule has 4 nitrogen and oxygen atoms in total. The smallest absolute Gasteiger partial charge is 0.109 e. The minimum Gasteiger partial charge on any atom is -0.389 e. The van der Waals surface area contributed by atoms with Crippen LogP contribution in [-0.4, -0.2) is 33.3 Å². The van der Waals surface area contributed by atoms with Gasteiger partial charge in [0.05, 0.1) is 5.60 Å². The first-order valence-electron chi connectivity index (χ1n) is 5.83. The molecule has 1 rings (SSSR count). The van der Waals surface area contributed by atoms with Crippen LogP contribution in [0.1, 0.15) is 26.6 Å². The Balaban J connectivity index is 2.25. The summed E-state index contributed by atoms with van der Waals surface area (Å²) in [6.45, 7) is 7.38. The zero-order chi connectivity index (χ0) is 12.2. The maximum absolute atomic E-state index is 10.0. The molecule has 0 spiro atoms. The highest BCUT2D eigenvalue weighted by Crippen LogP contribution is 2.14. The van der Waals surface area contributed by atoms with Crippen molar-refractivity contribution in [2.24, 2.45) is 13.0 Å². The van der Waals surface area contributed by atoms with Gasteiger partial charge in [-0.2, -0.15) is 0 Å². The number of aryl methyl sites for hydroxylation is 1. The molecule has 0 saturated carbocycles. The molecule has 0 saturated heterocycles. The van der Waals surface area contributed by atoms with Gasteiger partial charge in [-0.25, -0.2) is 4.98 Å². The zero-order valence-corrected chi connectivity index (χ0v) is 10.7. The Kier molecular flexibility index (Phi) is 4.50. The lowest BCUT2D eigenvalue weighted by Crippen LogP contribution is -2.42. The van der Waals surface area contributed by atoms with Crippen LogP contribution >= 0.6 is 0 Å². The molecule has 0 aliphatic heterocycles. The van der Waals surface area contributed by atoms with Crippen molar-refractivity contribution in [3.05, 3.63) is 18.2 Å². The highest BCUT2D eigenvalue weighted by Gasteiger charge is 2.23. The van der Waals surface area contributed by atoms with E-state index in [4.69, 9.17) is 0 Å². The third-order valence-corrected chi connectivity index (χ3v) is 3.17. The molecule has 0 aromatic carbocycles. The fraction of sp³-hybridized carbons (Fsp3) is 0.750. The molecular weight excluding hydrogens is 202 g/mol. The zero-order valence-electron chi connectivity index (χ0n) is 10.7. The quantitative estimate of drug-likeness (QED) is 0.709. The fourth-order valence-electron chi connectivity index (χ4n) is 1.38. The predicted molar refractivity (Wildman–Crippen MR) is 65.2 cm³/mol. The van der Waals surface area contributed by atoms with Gasteiger partial charge in [-0.1, -0.05) is 13.8 Å². The van der Waals surface area contributed by atoms with Gasteiger partial charge in [0, 0.05) is 39.0 Å². The molecule has 1 aromatic rings. The Labute approximate surface area is 97.7 Å². The summed E-state index contributed by atoms with van der Waals surface area (Å²) < 4.78 is 2.02. The molecule has 1 unspecified atom stereocenters. The van der Waals surface area contributed by atoms with E-state index >= 15 is 0 Å². The largest absolute Gasteiger partial charge is 0.389 e. The van der Waals surface area contributed by atoms with E-state index in [9.17, 15) is 5.11 Å². The molecule has 92 valence electrons. The summed E-state index contributed by atoms with van der Waals surface area (Å²) in [5, 5.41) is 13.3. The van der Waals surface area contributed by atoms with Crippen LogP contribution in [0.2, 0.25) is 0 Å². The lowest BCUT2D eigenvalue weighted by Gasteiger charge is -2.27. The molecule has 1 atom stereocenters. The van der Waals surface area contributed by atoms with E-state index in [1.165, 1.54) is 0 Å². The highest BCUT2D eigenvalue weighted by molar-refractivity contribution is 4.91. The van der Waals surface area contributed by atoms with Gasteiger partial charge in [0.25, 0.3) is 0 Å². The van der Waals surface area contributed by atoms with Gasteiger partial charge < -0.3 is 15.0 Å². The van der Waals surface area contributed by atoms with Crippen molar-refractivity contribution in [1.29, 1.82) is 0 Å². The Bertz CT molecular complexity index is 318. The summed E-state index contributed by atoms with van der Waals surface area (Å²) >= 11 is 0. The molecule has 0 aliphatic carbocycles. The first-order chi connectivity index (χ1) is 7.43. The van der Waals surface area contributed by atoms with Crippen molar-refractivity contribution in [3.8, 4) is 0 Å². The Hall–Kier alpha value is -0.870. The Morgan fingerprint density at radius 1 is 1.56 bits per heavy atom. The minimum atomic E-state index is -0.637. The fourth-order valence-corrected chi connectivity index (χ4v) is 1.38. The molecule has 1 aromatic heterocycles. The van der Waals surface area contributed by atoms with Gasteiger partial charge in [0.1, 0.15) is 5.82 Å². The van der Waals surface area contributed by atoms with Gasteiger partial charge in [-0.15, -0.1) is 0 Å². The first-order valence-corrected chi connectivity index (χ1v) is 5.83. The van der Waals surface area contributed by atoms with Crippen molar-refractivity contribution in [1.82, 2.24) is 14.9 Å². The van der Waals surface area contributed by atoms with Crippen LogP contribution in [0.15, 0.2) is 12.4 Å². The number of hydrogen-bond acceptors (Lipinski definition) is 3. The van der Waals surface area contributed by atoms with Gasteiger partial charge in [0.15, 0.2) is 0 Å². The van der Waals surface area contributed by atoms with E-state index in [1.54, 1.807) is 6.20 Å². The van der Waals surface area contributed by atoms with Crippen LogP contribution in [0, 0.1) is 5.92 Å². The molecule has 1 heterocycles. The average molecular weight is 225 g/mol. The Morgan fingerprint density at radius 2 is 2.25 bits per heavy atom. The summed E-state index contributed by atoms with van der Waals surface area (Å²) in [7, 11) is 1.99. The number of hydrogen-bond donors (Lipinski definition) is 2. The molecule has 0 radical (unpaired) electrons. The third kappa shape index (κ3) is 3.61. The Morgan fingerprint density at radius 3 is 2.75 bits per heavy atom. The van der Waals surface area contributed by atoms with Gasteiger partial charge in [-0.05, 0) is 12.8 Å². The molecule has 4 heteroatoms. The molecule has 0 amide bonds. The molecule has 16 heavy (non-hydrogen) atoms. The SMILES string of the molecule is CC(C)C(C)(O)CNCCc1nccn1C. The average Bonchev–Trinajstić information content (AvgIpc) is 2.59. The van der Waals surface area contributed by atoms with E-state index in [0.29, 0.717) is 6.54 Å². The van der Waals surface area contributed by atoms with Crippen molar-refractivity contribution < 1.29 is 5.11 Å². The molecule has 0 fully saturated rings. The lowest BCUT2D eigenvalue weighted by atomic mass is 9.92. The number of imidazole rings is 1. The maximum Gasteiger partial charge on any atom is 0.109 e. The van der Waals surface area contributed by atoms with Gasteiger partial charge in [0.2, 0.25) is 0 Å². The molecule has 2 N–H and O–H groups in total. The van der Waals surface area contributed by atoms with E-state index < -0.39 is 5.60 Å². The van der Waals surface area contributed by atoms with Crippen molar-refractivity contribution in [2.45, 2.75) is 32.8 Å². The standard InChI is InChI=1S/C12H23N3O/c1-10(2)12(3,16)9-13-6-5-11-14-7-8-15(11)4/h7-8,10,13,16H,5-6,9H2,1-4H3. The summed E-state index contributed by atoms with van der Waals surface area (Å²) in [6.07, 6.45) is 4.64. The van der Waals surface area contributed by atoms with Crippen molar-refractivity contribution in [2.75, 3.05) is 13.1 Å². The van der Waals surface area contributed by atoms with E-state index in [0.717, 1.165) is 18.8 Å². The van der Waals surface area contributed by atoms with Crippen molar-refractivity contribution >= 4 is 0 Å². The molecular formula is C12H23N3O. The van der Waals surface area contributed by atoms with Crippen molar-refractivity contribution in [3.63, 3.8) is 0 Å². The van der Waals surface area contributed by atoms with E-state index in [-0.39, 0.29) is 5.92 Å². The van der Waals surface area contributed by atoms with E-state index in [1.807, 2.05) is 38.6 Å². The summed E-state index contributed by atoms with van der Waals surface area (Å²) in [6, 6.07) is 0. The van der Waals surface area contributed by atoms with Gasteiger partial charge in [-0.3, -0.25) is 0 Å². The number of aromatic nitrogens is 2. The normalized spacial score (nSPS) is 15.4. The van der Waals surface area contributed by atoms with Gasteiger partial charge >= 0.3 is 0 Å². The lowest BCUT2D eigenvalue weighted by molar-refractivity contribution is 0.0145. The second kappa shape index (κ2) is 5.46. The second-order valence-corrected chi connectivity index (χ2v) is 4.89. The number of nitrogens with zero attached hydrogens (tertiary/aromatic N) is 2. The number of rotatable bonds is 6. The molecule has 0 bridgehead atoms. The third-order valence-electron chi connectivity index (χ3n) is 3.17. The number of nitrogens with one attached hydrogen (secondary N) is 1. The number of aliphatic hydroxyl groups is 1. The predicted octanol–water partition coefficient (Wildman–Crippen LogP) is 0.959. The van der Waals surface area contributed by atoms with Crippen LogP contribution in [0.4, 0.5) is 0 Å². The maximum atomic E-state index is 10.0. The van der Waals surface area contributed by atoms with Crippen LogP contribution < -0.4 is 5.32 Å². The first kappa shape index (κ1) is 13.2. The second-order valence-electron chi connectivity index (χ2n) is 4.89. The van der Waals surface area contributed by atoms with E-state index in [2.05, 4.69) is 10.3 Å². The monoisotopic (exact) mass is 225 g/mol. The van der Waals surface area contributed by atoms with Crippen LogP contribution in [0.25, 0.3) is 0 Å². The topological polar surface area (TPSA) is 50.1 Å². The van der Waals surface area contributed by atoms with Crippen LogP contribution in [0.3, 0.4) is 0 Å². The van der Waals surface area contributed by atoms with Crippen LogP contribution in [-0.2, 0) is 13.5 Å². The van der Waals surface area contributed by atoms with Crippen LogP contribution in [0.5, 0.6) is 0 Å².